The van der Waals surface area contributed by atoms with Gasteiger partial charge in [0.2, 0.25) is 17.8 Å². The van der Waals surface area contributed by atoms with Gasteiger partial charge in [-0.2, -0.15) is 4.98 Å². The average Bonchev–Trinajstić information content (AvgIpc) is 3.33. The van der Waals surface area contributed by atoms with Gasteiger partial charge in [0.05, 0.1) is 12.7 Å². The number of aromatic nitrogens is 3. The number of methoxy groups -OCH3 is 1. The van der Waals surface area contributed by atoms with Gasteiger partial charge in [-0.25, -0.2) is 0 Å². The molecule has 0 radical (unpaired) electrons. The number of aromatic amines is 1. The maximum atomic E-state index is 12.0. The second-order valence-electron chi connectivity index (χ2n) is 6.28. The molecular weight excluding hydrogens is 334 g/mol. The molecule has 1 fully saturated rings. The molecule has 1 heterocycles. The number of ether oxygens (including phenoxy) is 1. The number of anilines is 1. The summed E-state index contributed by atoms with van der Waals surface area (Å²) in [4.78, 5) is 28.2. The van der Waals surface area contributed by atoms with Gasteiger partial charge >= 0.3 is 0 Å². The maximum absolute atomic E-state index is 12.0. The van der Waals surface area contributed by atoms with Crippen molar-refractivity contribution < 1.29 is 14.3 Å². The Labute approximate surface area is 151 Å². The summed E-state index contributed by atoms with van der Waals surface area (Å²) in [5.41, 5.74) is 0.756. The first-order valence-corrected chi connectivity index (χ1v) is 8.80. The zero-order valence-electron chi connectivity index (χ0n) is 14.7. The molecule has 2 aromatic rings. The van der Waals surface area contributed by atoms with Gasteiger partial charge < -0.3 is 10.1 Å². The highest BCUT2D eigenvalue weighted by Gasteiger charge is 2.22. The zero-order valence-corrected chi connectivity index (χ0v) is 14.7. The van der Waals surface area contributed by atoms with Crippen molar-refractivity contribution in [1.29, 1.82) is 0 Å². The van der Waals surface area contributed by atoms with E-state index in [4.69, 9.17) is 4.74 Å². The Morgan fingerprint density at radius 1 is 1.27 bits per heavy atom. The van der Waals surface area contributed by atoms with Crippen LogP contribution in [0.15, 0.2) is 24.3 Å². The van der Waals surface area contributed by atoms with E-state index in [0.29, 0.717) is 18.1 Å². The molecule has 3 rings (SSSR count). The third kappa shape index (κ3) is 4.38. The SMILES string of the molecule is COc1ccccc1-c1nc(NC(=O)CCNC(=O)C2CCCC2)n[nH]1. The highest BCUT2D eigenvalue weighted by molar-refractivity contribution is 5.89. The second-order valence-corrected chi connectivity index (χ2v) is 6.28. The van der Waals surface area contributed by atoms with Crippen LogP contribution >= 0.6 is 0 Å². The Balaban J connectivity index is 1.49. The van der Waals surface area contributed by atoms with Crippen molar-refractivity contribution in [1.82, 2.24) is 20.5 Å². The van der Waals surface area contributed by atoms with Crippen LogP contribution in [0.1, 0.15) is 32.1 Å². The third-order valence-electron chi connectivity index (χ3n) is 4.48. The van der Waals surface area contributed by atoms with Crippen molar-refractivity contribution in [3.8, 4) is 17.1 Å². The van der Waals surface area contributed by atoms with Gasteiger partial charge in [0.25, 0.3) is 0 Å². The minimum absolute atomic E-state index is 0.0478. The van der Waals surface area contributed by atoms with E-state index in [1.165, 1.54) is 0 Å². The first-order valence-electron chi connectivity index (χ1n) is 8.80. The molecule has 8 nitrogen and oxygen atoms in total. The van der Waals surface area contributed by atoms with E-state index < -0.39 is 0 Å². The summed E-state index contributed by atoms with van der Waals surface area (Å²) in [7, 11) is 1.58. The van der Waals surface area contributed by atoms with Crippen LogP contribution in [0, 0.1) is 5.92 Å². The number of rotatable bonds is 7. The van der Waals surface area contributed by atoms with Crippen molar-refractivity contribution in [2.24, 2.45) is 5.92 Å². The number of benzene rings is 1. The van der Waals surface area contributed by atoms with Gasteiger partial charge in [-0.1, -0.05) is 25.0 Å². The molecule has 1 aromatic carbocycles. The molecular formula is C18H23N5O3. The van der Waals surface area contributed by atoms with E-state index in [9.17, 15) is 9.59 Å². The van der Waals surface area contributed by atoms with Crippen LogP contribution in [-0.4, -0.2) is 40.7 Å². The van der Waals surface area contributed by atoms with Crippen molar-refractivity contribution >= 4 is 17.8 Å². The van der Waals surface area contributed by atoms with Gasteiger partial charge in [0.15, 0.2) is 5.82 Å². The Bertz CT molecular complexity index is 768. The summed E-state index contributed by atoms with van der Waals surface area (Å²) >= 11 is 0. The molecule has 3 N–H and O–H groups in total. The minimum Gasteiger partial charge on any atom is -0.496 e. The van der Waals surface area contributed by atoms with Crippen LogP contribution in [0.2, 0.25) is 0 Å². The minimum atomic E-state index is -0.248. The molecule has 0 saturated heterocycles. The summed E-state index contributed by atoms with van der Waals surface area (Å²) in [5, 5.41) is 12.2. The summed E-state index contributed by atoms with van der Waals surface area (Å²) in [6.45, 7) is 0.310. The maximum Gasteiger partial charge on any atom is 0.249 e. The molecule has 26 heavy (non-hydrogen) atoms. The van der Waals surface area contributed by atoms with Crippen LogP contribution in [0.3, 0.4) is 0 Å². The fourth-order valence-electron chi connectivity index (χ4n) is 3.10. The molecule has 1 saturated carbocycles. The second kappa shape index (κ2) is 8.46. The number of para-hydroxylation sites is 1. The summed E-state index contributed by atoms with van der Waals surface area (Å²) < 4.78 is 5.29. The molecule has 1 aliphatic rings. The van der Waals surface area contributed by atoms with Gasteiger partial charge in [-0.05, 0) is 25.0 Å². The van der Waals surface area contributed by atoms with Crippen molar-refractivity contribution in [2.45, 2.75) is 32.1 Å². The smallest absolute Gasteiger partial charge is 0.249 e. The molecule has 0 spiro atoms. The number of H-pyrrole nitrogens is 1. The first kappa shape index (κ1) is 17.9. The number of nitrogens with one attached hydrogen (secondary N) is 3. The largest absolute Gasteiger partial charge is 0.496 e. The van der Waals surface area contributed by atoms with Gasteiger partial charge in [-0.15, -0.1) is 5.10 Å². The number of carbonyl (C=O) groups is 2. The van der Waals surface area contributed by atoms with Crippen molar-refractivity contribution in [3.05, 3.63) is 24.3 Å². The van der Waals surface area contributed by atoms with Crippen molar-refractivity contribution in [2.75, 3.05) is 19.0 Å². The number of hydrogen-bond acceptors (Lipinski definition) is 5. The highest BCUT2D eigenvalue weighted by atomic mass is 16.5. The van der Waals surface area contributed by atoms with E-state index in [2.05, 4.69) is 25.8 Å². The molecule has 0 atom stereocenters. The Morgan fingerprint density at radius 3 is 2.81 bits per heavy atom. The summed E-state index contributed by atoms with van der Waals surface area (Å²) in [6, 6.07) is 7.40. The highest BCUT2D eigenvalue weighted by Crippen LogP contribution is 2.27. The zero-order chi connectivity index (χ0) is 18.4. The molecule has 2 amide bonds. The first-order chi connectivity index (χ1) is 12.7. The van der Waals surface area contributed by atoms with Crippen LogP contribution in [0.4, 0.5) is 5.95 Å². The molecule has 1 aliphatic carbocycles. The molecule has 1 aromatic heterocycles. The lowest BCUT2D eigenvalue weighted by Gasteiger charge is -2.09. The van der Waals surface area contributed by atoms with E-state index in [1.54, 1.807) is 7.11 Å². The van der Waals surface area contributed by atoms with Gasteiger partial charge in [0, 0.05) is 18.9 Å². The molecule has 0 aliphatic heterocycles. The monoisotopic (exact) mass is 357 g/mol. The number of amides is 2. The van der Waals surface area contributed by atoms with Crippen LogP contribution in [0.25, 0.3) is 11.4 Å². The predicted molar refractivity (Wildman–Crippen MR) is 96.6 cm³/mol. The van der Waals surface area contributed by atoms with Crippen LogP contribution < -0.4 is 15.4 Å². The average molecular weight is 357 g/mol. The summed E-state index contributed by atoms with van der Waals surface area (Å²) in [6.07, 6.45) is 4.29. The van der Waals surface area contributed by atoms with Crippen LogP contribution in [0.5, 0.6) is 5.75 Å². The van der Waals surface area contributed by atoms with E-state index in [1.807, 2.05) is 24.3 Å². The lowest BCUT2D eigenvalue weighted by molar-refractivity contribution is -0.124. The summed E-state index contributed by atoms with van der Waals surface area (Å²) in [5.74, 6) is 1.27. The fourth-order valence-corrected chi connectivity index (χ4v) is 3.10. The quantitative estimate of drug-likeness (QED) is 0.703. The van der Waals surface area contributed by atoms with E-state index in [-0.39, 0.29) is 30.1 Å². The lowest BCUT2D eigenvalue weighted by Crippen LogP contribution is -2.32. The normalized spacial score (nSPS) is 14.2. The Morgan fingerprint density at radius 2 is 2.04 bits per heavy atom. The molecule has 138 valence electrons. The predicted octanol–water partition coefficient (Wildman–Crippen LogP) is 2.12. The van der Waals surface area contributed by atoms with E-state index in [0.717, 1.165) is 31.2 Å². The van der Waals surface area contributed by atoms with Gasteiger partial charge in [0.1, 0.15) is 5.75 Å². The van der Waals surface area contributed by atoms with Gasteiger partial charge in [-0.3, -0.25) is 20.0 Å². The fraction of sp³-hybridized carbons (Fsp3) is 0.444. The lowest BCUT2D eigenvalue weighted by atomic mass is 10.1. The molecule has 0 unspecified atom stereocenters. The van der Waals surface area contributed by atoms with E-state index >= 15 is 0 Å². The number of hydrogen-bond donors (Lipinski definition) is 3. The third-order valence-corrected chi connectivity index (χ3v) is 4.48. The molecule has 0 bridgehead atoms. The number of nitrogens with zero attached hydrogens (tertiary/aromatic N) is 2. The van der Waals surface area contributed by atoms with Crippen molar-refractivity contribution in [3.63, 3.8) is 0 Å². The molecule has 8 heteroatoms. The standard InChI is InChI=1S/C18H23N5O3/c1-26-14-9-5-4-8-13(14)16-21-18(23-22-16)20-15(24)10-11-19-17(25)12-6-2-3-7-12/h4-5,8-9,12H,2-3,6-7,10-11H2,1H3,(H,19,25)(H2,20,21,22,23,24). The number of carbonyl (C=O) groups excluding carboxylic acids is 2. The topological polar surface area (TPSA) is 109 Å². The van der Waals surface area contributed by atoms with Crippen LogP contribution in [-0.2, 0) is 9.59 Å². The Hall–Kier alpha value is -2.90. The Kier molecular flexibility index (Phi) is 5.83.